The quantitative estimate of drug-likeness (QED) is 0.893. The van der Waals surface area contributed by atoms with E-state index in [-0.39, 0.29) is 11.9 Å². The summed E-state index contributed by atoms with van der Waals surface area (Å²) in [5.74, 6) is 0.215. The third-order valence-corrected chi connectivity index (χ3v) is 6.18. The van der Waals surface area contributed by atoms with Crippen molar-refractivity contribution in [2.45, 2.75) is 52.1 Å². The summed E-state index contributed by atoms with van der Waals surface area (Å²) >= 11 is 0. The Morgan fingerprint density at radius 2 is 2.00 bits per heavy atom. The molecule has 1 unspecified atom stereocenters. The van der Waals surface area contributed by atoms with Crippen LogP contribution < -0.4 is 5.32 Å². The molecule has 2 aliphatic heterocycles. The van der Waals surface area contributed by atoms with E-state index in [0.29, 0.717) is 12.0 Å². The molecule has 25 heavy (non-hydrogen) atoms. The topological polar surface area (TPSA) is 35.6 Å². The van der Waals surface area contributed by atoms with Gasteiger partial charge < -0.3 is 10.2 Å². The van der Waals surface area contributed by atoms with Gasteiger partial charge in [0.1, 0.15) is 0 Å². The number of amides is 1. The molecule has 0 aliphatic carbocycles. The zero-order valence-corrected chi connectivity index (χ0v) is 16.1. The molecular weight excluding hydrogens is 310 g/mol. The fourth-order valence-electron chi connectivity index (χ4n) is 4.49. The molecule has 4 heteroatoms. The molecule has 0 aromatic heterocycles. The summed E-state index contributed by atoms with van der Waals surface area (Å²) in [7, 11) is 2.21. The minimum absolute atomic E-state index is 0.0485. The summed E-state index contributed by atoms with van der Waals surface area (Å²) < 4.78 is 0. The number of nitrogens with one attached hydrogen (secondary N) is 1. The molecule has 3 rings (SSSR count). The third kappa shape index (κ3) is 4.24. The zero-order valence-electron chi connectivity index (χ0n) is 16.1. The Morgan fingerprint density at radius 3 is 2.68 bits per heavy atom. The number of likely N-dealkylation sites (tertiary alicyclic amines) is 2. The van der Waals surface area contributed by atoms with Gasteiger partial charge in [-0.1, -0.05) is 31.2 Å². The number of carbonyl (C=O) groups excluding carboxylic acids is 1. The minimum atomic E-state index is 0.0485. The van der Waals surface area contributed by atoms with Crippen molar-refractivity contribution < 1.29 is 4.79 Å². The highest BCUT2D eigenvalue weighted by Gasteiger charge is 2.47. The van der Waals surface area contributed by atoms with E-state index in [1.54, 1.807) is 0 Å². The van der Waals surface area contributed by atoms with Crippen LogP contribution in [-0.2, 0) is 11.3 Å². The second-order valence-corrected chi connectivity index (χ2v) is 8.14. The predicted molar refractivity (Wildman–Crippen MR) is 102 cm³/mol. The summed E-state index contributed by atoms with van der Waals surface area (Å²) in [6.07, 6.45) is 4.59. The van der Waals surface area contributed by atoms with E-state index in [1.165, 1.54) is 24.0 Å². The molecule has 1 atom stereocenters. The number of hydrogen-bond donors (Lipinski definition) is 1. The Morgan fingerprint density at radius 1 is 1.28 bits per heavy atom. The van der Waals surface area contributed by atoms with Crippen molar-refractivity contribution in [1.82, 2.24) is 15.1 Å². The average molecular weight is 344 g/mol. The maximum atomic E-state index is 12.9. The van der Waals surface area contributed by atoms with Gasteiger partial charge in [0, 0.05) is 13.1 Å². The van der Waals surface area contributed by atoms with Crippen LogP contribution in [0.1, 0.15) is 43.7 Å². The Hall–Kier alpha value is -1.39. The first-order chi connectivity index (χ1) is 12.0. The van der Waals surface area contributed by atoms with E-state index in [1.807, 2.05) is 12.1 Å². The number of nitrogens with zero attached hydrogens (tertiary/aromatic N) is 2. The van der Waals surface area contributed by atoms with E-state index in [2.05, 4.69) is 48.1 Å². The van der Waals surface area contributed by atoms with Gasteiger partial charge in [0.2, 0.25) is 5.91 Å². The number of benzene rings is 1. The lowest BCUT2D eigenvalue weighted by molar-refractivity contribution is -0.125. The smallest absolute Gasteiger partial charge is 0.237 e. The molecular formula is C21H33N3O. The first-order valence-corrected chi connectivity index (χ1v) is 9.78. The normalized spacial score (nSPS) is 23.9. The maximum absolute atomic E-state index is 12.9. The predicted octanol–water partition coefficient (Wildman–Crippen LogP) is 2.81. The van der Waals surface area contributed by atoms with Gasteiger partial charge in [0.25, 0.3) is 0 Å². The lowest BCUT2D eigenvalue weighted by Crippen LogP contribution is -2.43. The highest BCUT2D eigenvalue weighted by Crippen LogP contribution is 2.43. The van der Waals surface area contributed by atoms with Crippen LogP contribution in [0, 0.1) is 12.3 Å². The van der Waals surface area contributed by atoms with Gasteiger partial charge in [0.15, 0.2) is 0 Å². The van der Waals surface area contributed by atoms with Crippen LogP contribution in [0.5, 0.6) is 0 Å². The second kappa shape index (κ2) is 7.88. The molecule has 4 nitrogen and oxygen atoms in total. The Labute approximate surface area is 152 Å². The molecule has 1 aromatic rings. The lowest BCUT2D eigenvalue weighted by Gasteiger charge is -2.37. The molecule has 0 radical (unpaired) electrons. The van der Waals surface area contributed by atoms with Crippen molar-refractivity contribution in [3.63, 3.8) is 0 Å². The van der Waals surface area contributed by atoms with E-state index in [4.69, 9.17) is 0 Å². The summed E-state index contributed by atoms with van der Waals surface area (Å²) in [5, 5.41) is 3.21. The molecule has 138 valence electrons. The molecule has 1 N–H and O–H groups in total. The molecule has 0 bridgehead atoms. The fraction of sp³-hybridized carbons (Fsp3) is 0.667. The maximum Gasteiger partial charge on any atom is 0.237 e. The Bertz CT molecular complexity index is 593. The van der Waals surface area contributed by atoms with Crippen LogP contribution in [-0.4, -0.2) is 55.0 Å². The Balaban J connectivity index is 1.64. The van der Waals surface area contributed by atoms with E-state index >= 15 is 0 Å². The van der Waals surface area contributed by atoms with Gasteiger partial charge >= 0.3 is 0 Å². The minimum Gasteiger partial charge on any atom is -0.351 e. The second-order valence-electron chi connectivity index (χ2n) is 8.14. The fourth-order valence-corrected chi connectivity index (χ4v) is 4.49. The first kappa shape index (κ1) is 18.4. The van der Waals surface area contributed by atoms with Crippen molar-refractivity contribution in [2.75, 3.05) is 33.2 Å². The molecule has 2 fully saturated rings. The largest absolute Gasteiger partial charge is 0.351 e. The van der Waals surface area contributed by atoms with Gasteiger partial charge in [-0.05, 0) is 75.8 Å². The number of aryl methyl sites for hydroxylation is 1. The van der Waals surface area contributed by atoms with Crippen molar-refractivity contribution in [1.29, 1.82) is 0 Å². The molecule has 2 aliphatic rings. The molecule has 2 saturated heterocycles. The van der Waals surface area contributed by atoms with Crippen LogP contribution in [0.2, 0.25) is 0 Å². The highest BCUT2D eigenvalue weighted by atomic mass is 16.2. The lowest BCUT2D eigenvalue weighted by atomic mass is 9.76. The molecule has 2 heterocycles. The van der Waals surface area contributed by atoms with Crippen molar-refractivity contribution >= 4 is 5.91 Å². The third-order valence-electron chi connectivity index (χ3n) is 6.18. The molecule has 1 amide bonds. The Kier molecular flexibility index (Phi) is 5.80. The van der Waals surface area contributed by atoms with Crippen LogP contribution in [0.15, 0.2) is 24.3 Å². The number of carbonyl (C=O) groups is 1. The number of rotatable bonds is 5. The van der Waals surface area contributed by atoms with Crippen LogP contribution in [0.25, 0.3) is 0 Å². The monoisotopic (exact) mass is 343 g/mol. The van der Waals surface area contributed by atoms with E-state index < -0.39 is 0 Å². The van der Waals surface area contributed by atoms with Crippen molar-refractivity contribution in [3.8, 4) is 0 Å². The zero-order chi connectivity index (χ0) is 17.9. The summed E-state index contributed by atoms with van der Waals surface area (Å²) in [5.41, 5.74) is 2.81. The van der Waals surface area contributed by atoms with Crippen molar-refractivity contribution in [3.05, 3.63) is 35.4 Å². The standard InChI is InChI=1S/C21H33N3O/c1-4-11-24-16-21(9-12-23(3)13-10-21)14-19(24)20(25)22-15-18-8-6-5-7-17(18)2/h5-8,19H,4,9-16H2,1-3H3,(H,22,25). The first-order valence-electron chi connectivity index (χ1n) is 9.78. The van der Waals surface area contributed by atoms with Gasteiger partial charge in [-0.3, -0.25) is 9.69 Å². The van der Waals surface area contributed by atoms with Crippen LogP contribution in [0.3, 0.4) is 0 Å². The number of piperidine rings is 1. The molecule has 0 saturated carbocycles. The van der Waals surface area contributed by atoms with Crippen molar-refractivity contribution in [2.24, 2.45) is 5.41 Å². The van der Waals surface area contributed by atoms with Gasteiger partial charge in [-0.15, -0.1) is 0 Å². The van der Waals surface area contributed by atoms with E-state index in [0.717, 1.165) is 39.0 Å². The molecule has 1 spiro atoms. The summed E-state index contributed by atoms with van der Waals surface area (Å²) in [6, 6.07) is 8.35. The van der Waals surface area contributed by atoms with Gasteiger partial charge in [0.05, 0.1) is 6.04 Å². The average Bonchev–Trinajstić information content (AvgIpc) is 2.96. The van der Waals surface area contributed by atoms with E-state index in [9.17, 15) is 4.79 Å². The summed E-state index contributed by atoms with van der Waals surface area (Å²) in [6.45, 7) is 9.40. The SMILES string of the molecule is CCCN1CC2(CCN(C)CC2)CC1C(=O)NCc1ccccc1C. The van der Waals surface area contributed by atoms with Gasteiger partial charge in [-0.2, -0.15) is 0 Å². The highest BCUT2D eigenvalue weighted by molar-refractivity contribution is 5.82. The summed E-state index contributed by atoms with van der Waals surface area (Å²) in [4.78, 5) is 17.8. The van der Waals surface area contributed by atoms with Crippen LogP contribution in [0.4, 0.5) is 0 Å². The van der Waals surface area contributed by atoms with Gasteiger partial charge in [-0.25, -0.2) is 0 Å². The van der Waals surface area contributed by atoms with Crippen LogP contribution >= 0.6 is 0 Å². The number of hydrogen-bond acceptors (Lipinski definition) is 3. The molecule has 1 aromatic carbocycles.